The molecule has 0 radical (unpaired) electrons. The number of benzene rings is 3. The number of carbonyl (C=O) groups is 1. The van der Waals surface area contributed by atoms with Crippen LogP contribution in [0, 0.1) is 35.0 Å². The summed E-state index contributed by atoms with van der Waals surface area (Å²) in [6.07, 6.45) is 10.7. The molecule has 0 heterocycles. The summed E-state index contributed by atoms with van der Waals surface area (Å²) in [7, 11) is 0. The summed E-state index contributed by atoms with van der Waals surface area (Å²) in [5, 5.41) is 0. The molecule has 1 fully saturated rings. The molecule has 7 heteroatoms. The molecule has 0 amide bonds. The Kier molecular flexibility index (Phi) is 8.41. The van der Waals surface area contributed by atoms with E-state index in [-0.39, 0.29) is 5.56 Å². The van der Waals surface area contributed by atoms with Gasteiger partial charge in [0.15, 0.2) is 17.5 Å². The molecule has 0 unspecified atom stereocenters. The van der Waals surface area contributed by atoms with Crippen LogP contribution in [0.3, 0.4) is 0 Å². The van der Waals surface area contributed by atoms with Gasteiger partial charge in [-0.05, 0) is 66.3 Å². The van der Waals surface area contributed by atoms with E-state index in [1.807, 2.05) is 12.1 Å². The van der Waals surface area contributed by atoms with Crippen molar-refractivity contribution >= 4 is 18.1 Å². The van der Waals surface area contributed by atoms with Gasteiger partial charge < -0.3 is 4.74 Å². The molecule has 0 N–H and O–H groups in total. The monoisotopic (exact) mass is 514 g/mol. The summed E-state index contributed by atoms with van der Waals surface area (Å²) in [6.45, 7) is 2.23. The third kappa shape index (κ3) is 6.45. The lowest BCUT2D eigenvalue weighted by Crippen LogP contribution is -2.14. The quantitative estimate of drug-likeness (QED) is 0.104. The molecule has 0 saturated heterocycles. The summed E-state index contributed by atoms with van der Waals surface area (Å²) in [4.78, 5) is 12.2. The fraction of sp³-hybridized carbons (Fsp3) is 0.300. The lowest BCUT2D eigenvalue weighted by Gasteiger charge is -2.28. The van der Waals surface area contributed by atoms with Gasteiger partial charge >= 0.3 is 5.97 Å². The van der Waals surface area contributed by atoms with E-state index in [1.165, 1.54) is 50.2 Å². The lowest BCUT2D eigenvalue weighted by atomic mass is 9.77. The molecule has 1 aliphatic carbocycles. The van der Waals surface area contributed by atoms with Crippen LogP contribution >= 0.6 is 0 Å². The number of esters is 1. The Hall–Kier alpha value is -3.48. The van der Waals surface area contributed by atoms with Gasteiger partial charge in [-0.3, -0.25) is 0 Å². The lowest BCUT2D eigenvalue weighted by molar-refractivity contribution is 0.0723. The van der Waals surface area contributed by atoms with E-state index in [0.717, 1.165) is 23.6 Å². The summed E-state index contributed by atoms with van der Waals surface area (Å²) in [6, 6.07) is 10.8. The third-order valence-electron chi connectivity index (χ3n) is 6.86. The number of hydrogen-bond acceptors (Lipinski definition) is 2. The standard InChI is InChI=1S/C30H27F5O2/c1-2-3-18-6-10-21(11-7-18)22-12-8-19(9-13-22)4-5-20-14-24(31)28(25(32)15-20)30(36)37-23-16-26(33)29(35)27(34)17-23/h4-5,8-9,12-18,21H,2-3,6-7,10-11H2,1H3. The predicted octanol–water partition coefficient (Wildman–Crippen LogP) is 8.85. The zero-order chi connectivity index (χ0) is 26.5. The minimum Gasteiger partial charge on any atom is -0.423 e. The van der Waals surface area contributed by atoms with Gasteiger partial charge in [0.25, 0.3) is 0 Å². The number of halogens is 5. The molecule has 2 nitrogen and oxygen atoms in total. The van der Waals surface area contributed by atoms with Gasteiger partial charge in [0.1, 0.15) is 22.9 Å². The number of hydrogen-bond donors (Lipinski definition) is 0. The van der Waals surface area contributed by atoms with Crippen LogP contribution in [-0.4, -0.2) is 5.97 Å². The van der Waals surface area contributed by atoms with Crippen molar-refractivity contribution in [3.05, 3.63) is 99.9 Å². The Morgan fingerprint density at radius 3 is 1.95 bits per heavy atom. The van der Waals surface area contributed by atoms with Crippen LogP contribution in [0.15, 0.2) is 48.5 Å². The average Bonchev–Trinajstić information content (AvgIpc) is 2.86. The summed E-state index contributed by atoms with van der Waals surface area (Å²) in [5.41, 5.74) is 1.30. The molecular formula is C30H27F5O2. The average molecular weight is 515 g/mol. The highest BCUT2D eigenvalue weighted by Crippen LogP contribution is 2.37. The highest BCUT2D eigenvalue weighted by atomic mass is 19.2. The molecule has 0 atom stereocenters. The van der Waals surface area contributed by atoms with E-state index in [4.69, 9.17) is 0 Å². The van der Waals surface area contributed by atoms with Crippen LogP contribution < -0.4 is 4.74 Å². The summed E-state index contributed by atoms with van der Waals surface area (Å²) >= 11 is 0. The topological polar surface area (TPSA) is 26.3 Å². The van der Waals surface area contributed by atoms with Crippen LogP contribution in [0.1, 0.15) is 78.4 Å². The fourth-order valence-electron chi connectivity index (χ4n) is 4.90. The van der Waals surface area contributed by atoms with Crippen LogP contribution in [0.5, 0.6) is 5.75 Å². The van der Waals surface area contributed by atoms with E-state index in [2.05, 4.69) is 23.8 Å². The Morgan fingerprint density at radius 2 is 1.38 bits per heavy atom. The second kappa shape index (κ2) is 11.7. The maximum Gasteiger partial charge on any atom is 0.349 e. The van der Waals surface area contributed by atoms with Crippen LogP contribution in [0.2, 0.25) is 0 Å². The SMILES string of the molecule is CCCC1CCC(c2ccc(C=Cc3cc(F)c(C(=O)Oc4cc(F)c(F)c(F)c4)c(F)c3)cc2)CC1. The molecule has 3 aromatic carbocycles. The van der Waals surface area contributed by atoms with E-state index in [0.29, 0.717) is 18.1 Å². The van der Waals surface area contributed by atoms with Crippen LogP contribution in [0.4, 0.5) is 22.0 Å². The molecular weight excluding hydrogens is 487 g/mol. The van der Waals surface area contributed by atoms with Crippen LogP contribution in [-0.2, 0) is 0 Å². The molecule has 194 valence electrons. The molecule has 3 aromatic rings. The van der Waals surface area contributed by atoms with E-state index >= 15 is 0 Å². The molecule has 4 rings (SSSR count). The van der Waals surface area contributed by atoms with E-state index < -0.39 is 46.4 Å². The predicted molar refractivity (Wildman–Crippen MR) is 133 cm³/mol. The van der Waals surface area contributed by atoms with Crippen molar-refractivity contribution in [2.24, 2.45) is 5.92 Å². The van der Waals surface area contributed by atoms with Crippen LogP contribution in [0.25, 0.3) is 12.2 Å². The number of carbonyl (C=O) groups excluding carboxylic acids is 1. The maximum absolute atomic E-state index is 14.6. The fourth-order valence-corrected chi connectivity index (χ4v) is 4.90. The minimum absolute atomic E-state index is 0.170. The molecule has 0 spiro atoms. The zero-order valence-electron chi connectivity index (χ0n) is 20.4. The van der Waals surface area contributed by atoms with Crippen molar-refractivity contribution in [2.75, 3.05) is 0 Å². The Balaban J connectivity index is 1.42. The van der Waals surface area contributed by atoms with Gasteiger partial charge in [0.05, 0.1) is 0 Å². The Morgan fingerprint density at radius 1 is 0.811 bits per heavy atom. The van der Waals surface area contributed by atoms with Crippen molar-refractivity contribution in [1.82, 2.24) is 0 Å². The van der Waals surface area contributed by atoms with Gasteiger partial charge in [-0.25, -0.2) is 26.7 Å². The molecule has 1 saturated carbocycles. The molecule has 0 aromatic heterocycles. The first-order valence-corrected chi connectivity index (χ1v) is 12.4. The normalized spacial score (nSPS) is 17.8. The maximum atomic E-state index is 14.6. The largest absolute Gasteiger partial charge is 0.423 e. The van der Waals surface area contributed by atoms with Crippen molar-refractivity contribution in [1.29, 1.82) is 0 Å². The highest BCUT2D eigenvalue weighted by Gasteiger charge is 2.23. The first kappa shape index (κ1) is 26.6. The van der Waals surface area contributed by atoms with Gasteiger partial charge in [0, 0.05) is 12.1 Å². The van der Waals surface area contributed by atoms with E-state index in [1.54, 1.807) is 6.08 Å². The molecule has 1 aliphatic rings. The van der Waals surface area contributed by atoms with Gasteiger partial charge in [0.2, 0.25) is 0 Å². The summed E-state index contributed by atoms with van der Waals surface area (Å²) < 4.78 is 73.5. The van der Waals surface area contributed by atoms with E-state index in [9.17, 15) is 26.7 Å². The highest BCUT2D eigenvalue weighted by molar-refractivity contribution is 5.92. The Labute approximate surface area is 212 Å². The van der Waals surface area contributed by atoms with Crippen molar-refractivity contribution < 1.29 is 31.5 Å². The number of ether oxygens (including phenoxy) is 1. The molecule has 0 aliphatic heterocycles. The first-order valence-electron chi connectivity index (χ1n) is 12.4. The smallest absolute Gasteiger partial charge is 0.349 e. The second-order valence-electron chi connectivity index (χ2n) is 9.46. The number of rotatable bonds is 7. The van der Waals surface area contributed by atoms with Gasteiger partial charge in [-0.2, -0.15) is 0 Å². The van der Waals surface area contributed by atoms with Crippen molar-refractivity contribution in [3.8, 4) is 5.75 Å². The second-order valence-corrected chi connectivity index (χ2v) is 9.46. The molecule has 37 heavy (non-hydrogen) atoms. The zero-order valence-corrected chi connectivity index (χ0v) is 20.4. The first-order chi connectivity index (χ1) is 17.7. The van der Waals surface area contributed by atoms with Crippen molar-refractivity contribution in [3.63, 3.8) is 0 Å². The van der Waals surface area contributed by atoms with Gasteiger partial charge in [-0.1, -0.05) is 56.2 Å². The Bertz CT molecular complexity index is 1250. The molecule has 0 bridgehead atoms. The summed E-state index contributed by atoms with van der Waals surface area (Å²) in [5.74, 6) is -8.19. The third-order valence-corrected chi connectivity index (χ3v) is 6.86. The van der Waals surface area contributed by atoms with Crippen molar-refractivity contribution in [2.45, 2.75) is 51.4 Å². The van der Waals surface area contributed by atoms with Gasteiger partial charge in [-0.15, -0.1) is 0 Å². The minimum atomic E-state index is -1.75.